The lowest BCUT2D eigenvalue weighted by molar-refractivity contribution is 0.731. The molecule has 0 spiro atoms. The summed E-state index contributed by atoms with van der Waals surface area (Å²) in [6.07, 6.45) is 1.86. The van der Waals surface area contributed by atoms with Gasteiger partial charge in [-0.05, 0) is 24.6 Å². The van der Waals surface area contributed by atoms with Gasteiger partial charge in [0.2, 0.25) is 0 Å². The van der Waals surface area contributed by atoms with Gasteiger partial charge in [-0.3, -0.25) is 4.57 Å². The third-order valence-electron chi connectivity index (χ3n) is 3.62. The van der Waals surface area contributed by atoms with Crippen LogP contribution in [0.4, 0.5) is 0 Å². The van der Waals surface area contributed by atoms with Crippen LogP contribution in [0.5, 0.6) is 0 Å². The number of nitrogens with zero attached hydrogens (tertiary/aromatic N) is 3. The number of halogens is 1. The highest BCUT2D eigenvalue weighted by atomic mass is 35.5. The molecule has 0 amide bonds. The van der Waals surface area contributed by atoms with E-state index in [1.807, 2.05) is 36.4 Å². The minimum absolute atomic E-state index is 0.668. The molecular weight excluding hydrogens is 338 g/mol. The van der Waals surface area contributed by atoms with E-state index in [4.69, 9.17) is 11.6 Å². The highest BCUT2D eigenvalue weighted by molar-refractivity contribution is 7.98. The summed E-state index contributed by atoms with van der Waals surface area (Å²) in [5.74, 6) is 1.61. The quantitative estimate of drug-likeness (QED) is 0.439. The molecule has 122 valence electrons. The lowest BCUT2D eigenvalue weighted by Gasteiger charge is -2.08. The van der Waals surface area contributed by atoms with Crippen LogP contribution >= 0.6 is 23.4 Å². The Morgan fingerprint density at radius 2 is 2.00 bits per heavy atom. The van der Waals surface area contributed by atoms with Gasteiger partial charge in [-0.25, -0.2) is 0 Å². The van der Waals surface area contributed by atoms with Gasteiger partial charge in [0, 0.05) is 22.9 Å². The number of aryl methyl sites for hydroxylation is 1. The van der Waals surface area contributed by atoms with Gasteiger partial charge in [0.05, 0.1) is 0 Å². The van der Waals surface area contributed by atoms with Gasteiger partial charge in [-0.2, -0.15) is 0 Å². The highest BCUT2D eigenvalue weighted by Crippen LogP contribution is 2.28. The van der Waals surface area contributed by atoms with Crippen molar-refractivity contribution in [1.82, 2.24) is 14.8 Å². The van der Waals surface area contributed by atoms with Crippen LogP contribution in [0.3, 0.4) is 0 Å². The van der Waals surface area contributed by atoms with E-state index in [1.54, 1.807) is 11.8 Å². The van der Waals surface area contributed by atoms with Gasteiger partial charge >= 0.3 is 0 Å². The number of rotatable bonds is 6. The first-order valence-electron chi connectivity index (χ1n) is 7.66. The van der Waals surface area contributed by atoms with Crippen LogP contribution < -0.4 is 0 Å². The van der Waals surface area contributed by atoms with E-state index >= 15 is 0 Å². The second kappa shape index (κ2) is 7.69. The average molecular weight is 356 g/mol. The summed E-state index contributed by atoms with van der Waals surface area (Å²) in [5.41, 5.74) is 3.36. The Morgan fingerprint density at radius 1 is 1.17 bits per heavy atom. The largest absolute Gasteiger partial charge is 0.298 e. The predicted molar refractivity (Wildman–Crippen MR) is 101 cm³/mol. The third-order valence-corrected chi connectivity index (χ3v) is 5.00. The maximum atomic E-state index is 6.24. The molecule has 0 atom stereocenters. The minimum atomic E-state index is 0.668. The SMILES string of the molecule is C=CCn1c(SCc2ccccc2Cl)nnc1-c1cccc(C)c1. The van der Waals surface area contributed by atoms with Crippen molar-refractivity contribution >= 4 is 23.4 Å². The molecule has 3 rings (SSSR count). The molecule has 24 heavy (non-hydrogen) atoms. The Morgan fingerprint density at radius 3 is 2.75 bits per heavy atom. The van der Waals surface area contributed by atoms with Crippen molar-refractivity contribution < 1.29 is 0 Å². The Bertz CT molecular complexity index is 857. The predicted octanol–water partition coefficient (Wildman–Crippen LogP) is 5.39. The smallest absolute Gasteiger partial charge is 0.192 e. The minimum Gasteiger partial charge on any atom is -0.298 e. The van der Waals surface area contributed by atoms with Crippen molar-refractivity contribution in [1.29, 1.82) is 0 Å². The van der Waals surface area contributed by atoms with Crippen LogP contribution in [0.15, 0.2) is 66.3 Å². The van der Waals surface area contributed by atoms with E-state index in [1.165, 1.54) is 5.56 Å². The van der Waals surface area contributed by atoms with Gasteiger partial charge in [0.25, 0.3) is 0 Å². The summed E-state index contributed by atoms with van der Waals surface area (Å²) >= 11 is 7.87. The molecule has 0 bridgehead atoms. The van der Waals surface area contributed by atoms with Crippen LogP contribution in [0.25, 0.3) is 11.4 Å². The number of hydrogen-bond donors (Lipinski definition) is 0. The highest BCUT2D eigenvalue weighted by Gasteiger charge is 2.14. The zero-order valence-electron chi connectivity index (χ0n) is 13.4. The maximum absolute atomic E-state index is 6.24. The lowest BCUT2D eigenvalue weighted by Crippen LogP contribution is -2.01. The molecule has 1 aromatic heterocycles. The molecule has 0 aliphatic carbocycles. The van der Waals surface area contributed by atoms with E-state index in [9.17, 15) is 0 Å². The molecule has 0 unspecified atom stereocenters. The zero-order valence-corrected chi connectivity index (χ0v) is 15.0. The number of hydrogen-bond acceptors (Lipinski definition) is 3. The van der Waals surface area contributed by atoms with Gasteiger partial charge in [0.15, 0.2) is 11.0 Å². The second-order valence-electron chi connectivity index (χ2n) is 5.46. The molecular formula is C19H18ClN3S. The van der Waals surface area contributed by atoms with E-state index < -0.39 is 0 Å². The molecule has 5 heteroatoms. The van der Waals surface area contributed by atoms with E-state index in [0.717, 1.165) is 32.9 Å². The van der Waals surface area contributed by atoms with Crippen molar-refractivity contribution in [3.8, 4) is 11.4 Å². The van der Waals surface area contributed by atoms with Crippen molar-refractivity contribution in [2.45, 2.75) is 24.4 Å². The molecule has 0 saturated carbocycles. The molecule has 3 nitrogen and oxygen atoms in total. The molecule has 0 aliphatic rings. The van der Waals surface area contributed by atoms with E-state index in [0.29, 0.717) is 6.54 Å². The third kappa shape index (κ3) is 3.71. The summed E-state index contributed by atoms with van der Waals surface area (Å²) in [6.45, 7) is 6.60. The van der Waals surface area contributed by atoms with Crippen LogP contribution in [-0.4, -0.2) is 14.8 Å². The van der Waals surface area contributed by atoms with E-state index in [-0.39, 0.29) is 0 Å². The van der Waals surface area contributed by atoms with Gasteiger partial charge < -0.3 is 0 Å². The Balaban J connectivity index is 1.89. The first-order valence-corrected chi connectivity index (χ1v) is 9.02. The fourth-order valence-corrected chi connectivity index (χ4v) is 3.68. The average Bonchev–Trinajstić information content (AvgIpc) is 2.97. The number of allylic oxidation sites excluding steroid dienone is 1. The van der Waals surface area contributed by atoms with Crippen LogP contribution in [0.2, 0.25) is 5.02 Å². The molecule has 1 heterocycles. The van der Waals surface area contributed by atoms with Crippen LogP contribution in [0.1, 0.15) is 11.1 Å². The van der Waals surface area contributed by atoms with Gasteiger partial charge in [-0.15, -0.1) is 16.8 Å². The van der Waals surface area contributed by atoms with Crippen molar-refractivity contribution in [2.24, 2.45) is 0 Å². The summed E-state index contributed by atoms with van der Waals surface area (Å²) in [4.78, 5) is 0. The molecule has 3 aromatic rings. The lowest BCUT2D eigenvalue weighted by atomic mass is 10.1. The molecule has 0 aliphatic heterocycles. The fraction of sp³-hybridized carbons (Fsp3) is 0.158. The van der Waals surface area contributed by atoms with Crippen molar-refractivity contribution in [3.05, 3.63) is 77.3 Å². The molecule has 0 fully saturated rings. The Labute approximate surface area is 151 Å². The summed E-state index contributed by atoms with van der Waals surface area (Å²) in [7, 11) is 0. The summed E-state index contributed by atoms with van der Waals surface area (Å²) in [6, 6.07) is 16.2. The Kier molecular flexibility index (Phi) is 5.38. The van der Waals surface area contributed by atoms with Crippen LogP contribution in [0, 0.1) is 6.92 Å². The van der Waals surface area contributed by atoms with Crippen molar-refractivity contribution in [3.63, 3.8) is 0 Å². The standard InChI is InChI=1S/C19H18ClN3S/c1-3-11-23-18(15-9-6-7-14(2)12-15)21-22-19(23)24-13-16-8-4-5-10-17(16)20/h3-10,12H,1,11,13H2,2H3. The Hall–Kier alpha value is -2.04. The first-order chi connectivity index (χ1) is 11.7. The number of thioether (sulfide) groups is 1. The number of aromatic nitrogens is 3. The molecule has 2 aromatic carbocycles. The second-order valence-corrected chi connectivity index (χ2v) is 6.80. The normalized spacial score (nSPS) is 10.8. The van der Waals surface area contributed by atoms with Crippen molar-refractivity contribution in [2.75, 3.05) is 0 Å². The van der Waals surface area contributed by atoms with Gasteiger partial charge in [-0.1, -0.05) is 71.4 Å². The molecule has 0 N–H and O–H groups in total. The topological polar surface area (TPSA) is 30.7 Å². The summed E-state index contributed by atoms with van der Waals surface area (Å²) in [5, 5.41) is 10.4. The first kappa shape index (κ1) is 16.8. The molecule has 0 saturated heterocycles. The van der Waals surface area contributed by atoms with E-state index in [2.05, 4.69) is 46.5 Å². The van der Waals surface area contributed by atoms with Crippen LogP contribution in [-0.2, 0) is 12.3 Å². The fourth-order valence-electron chi connectivity index (χ4n) is 2.44. The molecule has 0 radical (unpaired) electrons. The zero-order chi connectivity index (χ0) is 16.9. The van der Waals surface area contributed by atoms with Gasteiger partial charge in [0.1, 0.15) is 0 Å². The number of benzene rings is 2. The summed E-state index contributed by atoms with van der Waals surface area (Å²) < 4.78 is 2.09. The monoisotopic (exact) mass is 355 g/mol. The maximum Gasteiger partial charge on any atom is 0.192 e.